The predicted octanol–water partition coefficient (Wildman–Crippen LogP) is 2.31. The monoisotopic (exact) mass is 196 g/mol. The lowest BCUT2D eigenvalue weighted by molar-refractivity contribution is 0.325. The van der Waals surface area contributed by atoms with E-state index in [4.69, 9.17) is 21.6 Å². The van der Waals surface area contributed by atoms with E-state index >= 15 is 0 Å². The molecule has 3 nitrogen and oxygen atoms in total. The molecule has 0 N–H and O–H groups in total. The van der Waals surface area contributed by atoms with Crippen molar-refractivity contribution in [3.05, 3.63) is 22.3 Å². The molecule has 1 rings (SSSR count). The molecule has 0 radical (unpaired) electrons. The Balaban J connectivity index is 3.23. The Morgan fingerprint density at radius 3 is 2.92 bits per heavy atom. The van der Waals surface area contributed by atoms with Gasteiger partial charge in [0.1, 0.15) is 11.6 Å². The van der Waals surface area contributed by atoms with Crippen LogP contribution in [0.25, 0.3) is 0 Å². The highest BCUT2D eigenvalue weighted by Gasteiger charge is 2.09. The fourth-order valence-electron chi connectivity index (χ4n) is 0.948. The third-order valence-corrected chi connectivity index (χ3v) is 1.76. The molecule has 0 saturated carbocycles. The number of hydrogen-bond acceptors (Lipinski definition) is 3. The van der Waals surface area contributed by atoms with Crippen LogP contribution in [0.15, 0.2) is 6.07 Å². The number of nitriles is 1. The first-order valence-electron chi connectivity index (χ1n) is 3.89. The van der Waals surface area contributed by atoms with Gasteiger partial charge in [0.2, 0.25) is 5.88 Å². The zero-order valence-electron chi connectivity index (χ0n) is 7.47. The second-order valence-corrected chi connectivity index (χ2v) is 2.88. The van der Waals surface area contributed by atoms with Crippen LogP contribution in [-0.2, 0) is 0 Å². The molecule has 0 spiro atoms. The molecule has 1 aromatic rings. The van der Waals surface area contributed by atoms with E-state index in [1.165, 1.54) is 0 Å². The summed E-state index contributed by atoms with van der Waals surface area (Å²) >= 11 is 5.83. The molecule has 0 saturated heterocycles. The van der Waals surface area contributed by atoms with Crippen molar-refractivity contribution in [1.29, 1.82) is 5.26 Å². The topological polar surface area (TPSA) is 45.9 Å². The van der Waals surface area contributed by atoms with Crippen LogP contribution in [0.2, 0.25) is 5.02 Å². The zero-order chi connectivity index (χ0) is 9.84. The third-order valence-electron chi connectivity index (χ3n) is 1.46. The van der Waals surface area contributed by atoms with Crippen LogP contribution in [0.4, 0.5) is 0 Å². The SMILES string of the molecule is CCOc1nc(C)cc(Cl)c1C#N. The molecule has 0 unspecified atom stereocenters. The summed E-state index contributed by atoms with van der Waals surface area (Å²) in [5, 5.41) is 9.15. The largest absolute Gasteiger partial charge is 0.477 e. The van der Waals surface area contributed by atoms with Crippen molar-refractivity contribution < 1.29 is 4.74 Å². The Labute approximate surface area is 81.9 Å². The third kappa shape index (κ3) is 2.10. The lowest BCUT2D eigenvalue weighted by Gasteiger charge is -2.05. The van der Waals surface area contributed by atoms with Gasteiger partial charge >= 0.3 is 0 Å². The Bertz CT molecular complexity index is 357. The fraction of sp³-hybridized carbons (Fsp3) is 0.333. The molecule has 0 amide bonds. The summed E-state index contributed by atoms with van der Waals surface area (Å²) in [6.07, 6.45) is 0. The minimum absolute atomic E-state index is 0.300. The molecule has 13 heavy (non-hydrogen) atoms. The van der Waals surface area contributed by atoms with Crippen LogP contribution in [0.5, 0.6) is 5.88 Å². The summed E-state index contributed by atoms with van der Waals surface area (Å²) in [6.45, 7) is 4.11. The molecule has 0 bridgehead atoms. The van der Waals surface area contributed by atoms with Crippen molar-refractivity contribution in [1.82, 2.24) is 4.98 Å². The van der Waals surface area contributed by atoms with Crippen LogP contribution in [-0.4, -0.2) is 11.6 Å². The van der Waals surface area contributed by atoms with Gasteiger partial charge in [-0.05, 0) is 19.9 Å². The molecule has 1 heterocycles. The van der Waals surface area contributed by atoms with Gasteiger partial charge in [-0.1, -0.05) is 11.6 Å². The standard InChI is InChI=1S/C9H9ClN2O/c1-3-13-9-7(5-11)8(10)4-6(2)12-9/h4H,3H2,1-2H3. The first kappa shape index (κ1) is 9.82. The summed E-state index contributed by atoms with van der Waals surface area (Å²) < 4.78 is 5.17. The minimum atomic E-state index is 0.300. The molecule has 0 atom stereocenters. The molecule has 0 aliphatic carbocycles. The smallest absolute Gasteiger partial charge is 0.233 e. The Kier molecular flexibility index (Phi) is 3.10. The van der Waals surface area contributed by atoms with Gasteiger partial charge < -0.3 is 4.74 Å². The molecular weight excluding hydrogens is 188 g/mol. The summed E-state index contributed by atoms with van der Waals surface area (Å²) in [6, 6.07) is 3.60. The van der Waals surface area contributed by atoms with Crippen LogP contribution in [0.1, 0.15) is 18.2 Å². The molecule has 0 aliphatic rings. The van der Waals surface area contributed by atoms with Crippen molar-refractivity contribution in [2.75, 3.05) is 6.61 Å². The first-order valence-corrected chi connectivity index (χ1v) is 4.27. The summed E-state index contributed by atoms with van der Waals surface area (Å²) in [5.74, 6) is 0.315. The van der Waals surface area contributed by atoms with Crippen molar-refractivity contribution in [3.8, 4) is 11.9 Å². The van der Waals surface area contributed by atoms with E-state index in [9.17, 15) is 0 Å². The highest BCUT2D eigenvalue weighted by molar-refractivity contribution is 6.31. The Morgan fingerprint density at radius 2 is 2.38 bits per heavy atom. The highest BCUT2D eigenvalue weighted by Crippen LogP contribution is 2.24. The summed E-state index contributed by atoms with van der Waals surface area (Å²) in [5.41, 5.74) is 1.04. The van der Waals surface area contributed by atoms with Gasteiger partial charge in [0.25, 0.3) is 0 Å². The van der Waals surface area contributed by atoms with Crippen molar-refractivity contribution >= 4 is 11.6 Å². The van der Waals surface area contributed by atoms with E-state index in [1.807, 2.05) is 13.0 Å². The zero-order valence-corrected chi connectivity index (χ0v) is 8.22. The van der Waals surface area contributed by atoms with Gasteiger partial charge in [-0.3, -0.25) is 0 Å². The Hall–Kier alpha value is -1.27. The van der Waals surface area contributed by atoms with Gasteiger partial charge in [0, 0.05) is 5.69 Å². The van der Waals surface area contributed by atoms with Crippen LogP contribution in [0.3, 0.4) is 0 Å². The van der Waals surface area contributed by atoms with Crippen LogP contribution < -0.4 is 4.74 Å². The molecular formula is C9H9ClN2O. The lowest BCUT2D eigenvalue weighted by atomic mass is 10.2. The number of pyridine rings is 1. The van der Waals surface area contributed by atoms with E-state index in [0.29, 0.717) is 23.1 Å². The van der Waals surface area contributed by atoms with Crippen molar-refractivity contribution in [2.24, 2.45) is 0 Å². The number of halogens is 1. The number of hydrogen-bond donors (Lipinski definition) is 0. The maximum atomic E-state index is 8.76. The maximum Gasteiger partial charge on any atom is 0.233 e. The van der Waals surface area contributed by atoms with E-state index in [0.717, 1.165) is 5.69 Å². The molecule has 68 valence electrons. The van der Waals surface area contributed by atoms with E-state index < -0.39 is 0 Å². The van der Waals surface area contributed by atoms with Crippen molar-refractivity contribution in [3.63, 3.8) is 0 Å². The molecule has 1 aromatic heterocycles. The first-order chi connectivity index (χ1) is 6.19. The molecule has 0 aromatic carbocycles. The van der Waals surface area contributed by atoms with Crippen LogP contribution in [0, 0.1) is 18.3 Å². The van der Waals surface area contributed by atoms with Gasteiger partial charge in [-0.2, -0.15) is 5.26 Å². The average Bonchev–Trinajstić information content (AvgIpc) is 2.04. The molecule has 0 fully saturated rings. The van der Waals surface area contributed by atoms with Crippen molar-refractivity contribution in [2.45, 2.75) is 13.8 Å². The lowest BCUT2D eigenvalue weighted by Crippen LogP contribution is -1.99. The van der Waals surface area contributed by atoms with E-state index in [2.05, 4.69) is 4.98 Å². The van der Waals surface area contributed by atoms with Gasteiger partial charge in [-0.25, -0.2) is 4.98 Å². The second-order valence-electron chi connectivity index (χ2n) is 2.47. The number of nitrogens with zero attached hydrogens (tertiary/aromatic N) is 2. The normalized spacial score (nSPS) is 9.38. The van der Waals surface area contributed by atoms with Gasteiger partial charge in [0.15, 0.2) is 0 Å². The maximum absolute atomic E-state index is 8.76. The van der Waals surface area contributed by atoms with Crippen LogP contribution >= 0.6 is 11.6 Å². The van der Waals surface area contributed by atoms with Gasteiger partial charge in [0.05, 0.1) is 11.6 Å². The average molecular weight is 197 g/mol. The fourth-order valence-corrected chi connectivity index (χ4v) is 1.23. The number of aromatic nitrogens is 1. The summed E-state index contributed by atoms with van der Waals surface area (Å²) in [4.78, 5) is 4.07. The van der Waals surface area contributed by atoms with E-state index in [-0.39, 0.29) is 0 Å². The second kappa shape index (κ2) is 4.11. The van der Waals surface area contributed by atoms with Gasteiger partial charge in [-0.15, -0.1) is 0 Å². The Morgan fingerprint density at radius 1 is 1.69 bits per heavy atom. The highest BCUT2D eigenvalue weighted by atomic mass is 35.5. The number of rotatable bonds is 2. The minimum Gasteiger partial charge on any atom is -0.477 e. The molecule has 4 heteroatoms. The number of ether oxygens (including phenoxy) is 1. The molecule has 0 aliphatic heterocycles. The summed E-state index contributed by atoms with van der Waals surface area (Å²) in [7, 11) is 0. The number of aryl methyl sites for hydroxylation is 1. The predicted molar refractivity (Wildman–Crippen MR) is 49.9 cm³/mol. The quantitative estimate of drug-likeness (QED) is 0.729. The van der Waals surface area contributed by atoms with E-state index in [1.54, 1.807) is 13.0 Å².